The molecule has 1 fully saturated rings. The highest BCUT2D eigenvalue weighted by Crippen LogP contribution is 2.25. The highest BCUT2D eigenvalue weighted by Gasteiger charge is 2.22. The molecule has 1 unspecified atom stereocenters. The lowest BCUT2D eigenvalue weighted by molar-refractivity contribution is 0.316. The molecular weight excluding hydrogens is 493 g/mol. The summed E-state index contributed by atoms with van der Waals surface area (Å²) >= 11 is 0. The predicted octanol–water partition coefficient (Wildman–Crippen LogP) is 0.794. The second-order valence-corrected chi connectivity index (χ2v) is 9.29. The molecule has 0 spiro atoms. The third kappa shape index (κ3) is 6.83. The van der Waals surface area contributed by atoms with Crippen molar-refractivity contribution < 1.29 is 8.42 Å². The van der Waals surface area contributed by atoms with Crippen molar-refractivity contribution in [1.82, 2.24) is 30.1 Å². The molecule has 0 aromatic carbocycles. The number of rotatable bonds is 8. The normalized spacial score (nSPS) is 20.1. The Morgan fingerprint density at radius 1 is 1.32 bits per heavy atom. The van der Waals surface area contributed by atoms with Gasteiger partial charge in [-0.2, -0.15) is 5.10 Å². The largest absolute Gasteiger partial charge is 0.357 e. The Hall–Kier alpha value is -0.950. The summed E-state index contributed by atoms with van der Waals surface area (Å²) in [7, 11) is -3.27. The van der Waals surface area contributed by atoms with Crippen molar-refractivity contribution in [2.45, 2.75) is 58.5 Å². The highest BCUT2D eigenvalue weighted by molar-refractivity contribution is 14.0. The first kappa shape index (κ1) is 23.3. The summed E-state index contributed by atoms with van der Waals surface area (Å²) in [5.74, 6) is 2.99. The van der Waals surface area contributed by atoms with E-state index < -0.39 is 10.0 Å². The number of aryl methyl sites for hydroxylation is 2. The number of sulfonamides is 1. The third-order valence-corrected chi connectivity index (χ3v) is 6.42. The van der Waals surface area contributed by atoms with Gasteiger partial charge in [0.25, 0.3) is 0 Å². The van der Waals surface area contributed by atoms with Crippen molar-refractivity contribution in [3.8, 4) is 0 Å². The molecule has 1 aromatic rings. The van der Waals surface area contributed by atoms with Crippen LogP contribution in [0.3, 0.4) is 0 Å². The van der Waals surface area contributed by atoms with Gasteiger partial charge in [-0.15, -0.1) is 24.0 Å². The molecule has 9 nitrogen and oxygen atoms in total. The topological polar surface area (TPSA) is 113 Å². The zero-order valence-corrected chi connectivity index (χ0v) is 19.8. The van der Waals surface area contributed by atoms with E-state index in [0.717, 1.165) is 50.4 Å². The molecule has 1 atom stereocenters. The van der Waals surface area contributed by atoms with Crippen LogP contribution in [0.4, 0.5) is 0 Å². The first-order valence-electron chi connectivity index (χ1n) is 9.87. The summed E-state index contributed by atoms with van der Waals surface area (Å²) in [6, 6.07) is 0.199. The van der Waals surface area contributed by atoms with Gasteiger partial charge in [0.1, 0.15) is 11.6 Å². The van der Waals surface area contributed by atoms with E-state index >= 15 is 0 Å². The summed E-state index contributed by atoms with van der Waals surface area (Å²) in [4.78, 5) is 8.87. The van der Waals surface area contributed by atoms with Crippen molar-refractivity contribution >= 4 is 40.0 Å². The lowest BCUT2D eigenvalue weighted by Gasteiger charge is -2.25. The second kappa shape index (κ2) is 10.7. The lowest BCUT2D eigenvalue weighted by Crippen LogP contribution is -2.47. The molecule has 2 aliphatic rings. The zero-order valence-electron chi connectivity index (χ0n) is 16.6. The molecule has 1 saturated carbocycles. The van der Waals surface area contributed by atoms with Crippen molar-refractivity contribution in [1.29, 1.82) is 0 Å². The molecule has 0 radical (unpaired) electrons. The van der Waals surface area contributed by atoms with Crippen LogP contribution in [0, 0.1) is 12.8 Å². The second-order valence-electron chi connectivity index (χ2n) is 7.36. The van der Waals surface area contributed by atoms with Crippen LogP contribution in [0.5, 0.6) is 0 Å². The molecule has 28 heavy (non-hydrogen) atoms. The Bertz CT molecular complexity index is 762. The first-order valence-corrected chi connectivity index (χ1v) is 11.5. The molecule has 160 valence electrons. The SMILES string of the molecule is CCNC(=NCCS(=O)(=O)NCC1CCC1)NC1CCc2nc(C)nn2C1.I. The van der Waals surface area contributed by atoms with E-state index in [9.17, 15) is 8.42 Å². The number of nitrogens with zero attached hydrogens (tertiary/aromatic N) is 4. The first-order chi connectivity index (χ1) is 12.9. The average Bonchev–Trinajstić information content (AvgIpc) is 2.92. The van der Waals surface area contributed by atoms with Crippen molar-refractivity contribution in [2.75, 3.05) is 25.4 Å². The standard InChI is InChI=1S/C17H31N7O2S.HI/c1-3-18-17(19-9-10-27(25,26)20-11-14-5-4-6-14)22-15-7-8-16-21-13(2)23-24(16)12-15;/h14-15,20H,3-12H2,1-2H3,(H2,18,19,22);1H. The van der Waals surface area contributed by atoms with Crippen LogP contribution in [0.1, 0.15) is 44.3 Å². The van der Waals surface area contributed by atoms with E-state index in [1.54, 1.807) is 0 Å². The predicted molar refractivity (Wildman–Crippen MR) is 121 cm³/mol. The number of aliphatic imine (C=N–C) groups is 1. The summed E-state index contributed by atoms with van der Waals surface area (Å²) in [6.07, 6.45) is 5.29. The zero-order chi connectivity index (χ0) is 19.3. The molecule has 0 amide bonds. The Kier molecular flexibility index (Phi) is 8.93. The van der Waals surface area contributed by atoms with E-state index in [0.29, 0.717) is 18.4 Å². The molecule has 0 bridgehead atoms. The lowest BCUT2D eigenvalue weighted by atomic mass is 9.86. The van der Waals surface area contributed by atoms with E-state index in [4.69, 9.17) is 0 Å². The van der Waals surface area contributed by atoms with E-state index in [-0.39, 0.29) is 42.3 Å². The number of nitrogens with one attached hydrogen (secondary N) is 3. The average molecular weight is 525 g/mol. The van der Waals surface area contributed by atoms with Gasteiger partial charge < -0.3 is 10.6 Å². The maximum absolute atomic E-state index is 12.1. The summed E-state index contributed by atoms with van der Waals surface area (Å²) in [5, 5.41) is 11.0. The van der Waals surface area contributed by atoms with E-state index in [1.165, 1.54) is 6.42 Å². The van der Waals surface area contributed by atoms with E-state index in [2.05, 4.69) is 30.4 Å². The monoisotopic (exact) mass is 525 g/mol. The summed E-state index contributed by atoms with van der Waals surface area (Å²) in [5.41, 5.74) is 0. The van der Waals surface area contributed by atoms with Gasteiger partial charge in [-0.3, -0.25) is 4.99 Å². The maximum Gasteiger partial charge on any atom is 0.213 e. The van der Waals surface area contributed by atoms with Crippen LogP contribution in [-0.4, -0.2) is 60.6 Å². The maximum atomic E-state index is 12.1. The van der Waals surface area contributed by atoms with Crippen LogP contribution in [0.2, 0.25) is 0 Å². The van der Waals surface area contributed by atoms with Gasteiger partial charge in [-0.1, -0.05) is 6.42 Å². The van der Waals surface area contributed by atoms with Gasteiger partial charge in [-0.25, -0.2) is 22.8 Å². The van der Waals surface area contributed by atoms with Gasteiger partial charge in [0, 0.05) is 25.6 Å². The molecule has 3 rings (SSSR count). The number of guanidine groups is 1. The highest BCUT2D eigenvalue weighted by atomic mass is 127. The van der Waals surface area contributed by atoms with Gasteiger partial charge in [-0.05, 0) is 39.0 Å². The number of hydrogen-bond acceptors (Lipinski definition) is 5. The summed E-state index contributed by atoms with van der Waals surface area (Å²) < 4.78 is 28.9. The van der Waals surface area contributed by atoms with Gasteiger partial charge >= 0.3 is 0 Å². The van der Waals surface area contributed by atoms with Crippen molar-refractivity contribution in [3.05, 3.63) is 11.6 Å². The molecule has 1 aliphatic heterocycles. The molecule has 11 heteroatoms. The molecule has 1 aromatic heterocycles. The molecule has 0 saturated heterocycles. The smallest absolute Gasteiger partial charge is 0.213 e. The summed E-state index contributed by atoms with van der Waals surface area (Å²) in [6.45, 7) is 6.15. The fraction of sp³-hybridized carbons (Fsp3) is 0.824. The molecule has 2 heterocycles. The number of halogens is 1. The molecular formula is C17H32IN7O2S. The number of aromatic nitrogens is 3. The Labute approximate surface area is 184 Å². The van der Waals surface area contributed by atoms with Gasteiger partial charge in [0.2, 0.25) is 10.0 Å². The van der Waals surface area contributed by atoms with Gasteiger partial charge in [0.15, 0.2) is 5.96 Å². The molecule has 3 N–H and O–H groups in total. The van der Waals surface area contributed by atoms with Crippen LogP contribution in [-0.2, 0) is 23.0 Å². The number of hydrogen-bond donors (Lipinski definition) is 3. The minimum atomic E-state index is -3.27. The van der Waals surface area contributed by atoms with Crippen LogP contribution in [0.25, 0.3) is 0 Å². The molecule has 1 aliphatic carbocycles. The minimum absolute atomic E-state index is 0. The number of fused-ring (bicyclic) bond motifs is 1. The van der Waals surface area contributed by atoms with E-state index in [1.807, 2.05) is 18.5 Å². The van der Waals surface area contributed by atoms with Gasteiger partial charge in [0.05, 0.1) is 18.8 Å². The Morgan fingerprint density at radius 3 is 2.79 bits per heavy atom. The quantitative estimate of drug-likeness (QED) is 0.263. The fourth-order valence-corrected chi connectivity index (χ4v) is 4.32. The minimum Gasteiger partial charge on any atom is -0.357 e. The van der Waals surface area contributed by atoms with Crippen LogP contribution >= 0.6 is 24.0 Å². The Morgan fingerprint density at radius 2 is 2.11 bits per heavy atom. The fourth-order valence-electron chi connectivity index (χ4n) is 3.36. The van der Waals surface area contributed by atoms with Crippen LogP contribution in [0.15, 0.2) is 4.99 Å². The van der Waals surface area contributed by atoms with Crippen molar-refractivity contribution in [3.63, 3.8) is 0 Å². The van der Waals surface area contributed by atoms with Crippen molar-refractivity contribution in [2.24, 2.45) is 10.9 Å². The Balaban J connectivity index is 0.00000280. The third-order valence-electron chi connectivity index (χ3n) is 5.10. The van der Waals surface area contributed by atoms with Crippen LogP contribution < -0.4 is 15.4 Å².